The number of hydrogen-bond donors (Lipinski definition) is 1. The van der Waals surface area contributed by atoms with E-state index in [1.807, 2.05) is 6.92 Å². The average Bonchev–Trinajstić information content (AvgIpc) is 2.39. The van der Waals surface area contributed by atoms with Crippen molar-refractivity contribution in [1.29, 1.82) is 0 Å². The molecule has 0 radical (unpaired) electrons. The Kier molecular flexibility index (Phi) is 4.35. The minimum atomic E-state index is -0.886. The second-order valence-electron chi connectivity index (χ2n) is 4.58. The fourth-order valence-electron chi connectivity index (χ4n) is 1.88. The summed E-state index contributed by atoms with van der Waals surface area (Å²) in [5.74, 6) is -0.607. The van der Waals surface area contributed by atoms with Crippen molar-refractivity contribution in [3.05, 3.63) is 65.0 Å². The van der Waals surface area contributed by atoms with Crippen LogP contribution >= 0.6 is 0 Å². The smallest absolute Gasteiger partial charge is 0.307 e. The van der Waals surface area contributed by atoms with Crippen molar-refractivity contribution in [3.8, 4) is 5.75 Å². The minimum absolute atomic E-state index is 0.0454. The molecule has 0 atom stereocenters. The Morgan fingerprint density at radius 1 is 1.25 bits per heavy atom. The van der Waals surface area contributed by atoms with Gasteiger partial charge in [-0.05, 0) is 47.9 Å². The number of carboxylic acid groups (broad SMARTS) is 1. The highest BCUT2D eigenvalue weighted by Crippen LogP contribution is 2.17. The summed E-state index contributed by atoms with van der Waals surface area (Å²) in [5.41, 5.74) is 2.40. The number of aliphatic carboxylic acids is 1. The molecule has 0 aromatic heterocycles. The predicted molar refractivity (Wildman–Crippen MR) is 73.3 cm³/mol. The number of carbonyl (C=O) groups is 1. The molecular weight excluding hydrogens is 259 g/mol. The molecule has 2 aromatic carbocycles. The molecule has 0 bridgehead atoms. The molecule has 3 nitrogen and oxygen atoms in total. The van der Waals surface area contributed by atoms with Crippen molar-refractivity contribution in [2.45, 2.75) is 20.0 Å². The third-order valence-corrected chi connectivity index (χ3v) is 2.96. The van der Waals surface area contributed by atoms with E-state index in [2.05, 4.69) is 0 Å². The molecule has 1 N–H and O–H groups in total. The number of halogens is 1. The summed E-state index contributed by atoms with van der Waals surface area (Å²) in [6.45, 7) is 2.14. The van der Waals surface area contributed by atoms with Crippen LogP contribution in [0.1, 0.15) is 16.7 Å². The monoisotopic (exact) mass is 274 g/mol. The first-order valence-electron chi connectivity index (χ1n) is 6.23. The van der Waals surface area contributed by atoms with E-state index in [-0.39, 0.29) is 18.8 Å². The molecule has 0 aliphatic heterocycles. The van der Waals surface area contributed by atoms with Crippen LogP contribution in [0.3, 0.4) is 0 Å². The van der Waals surface area contributed by atoms with E-state index < -0.39 is 5.97 Å². The third-order valence-electron chi connectivity index (χ3n) is 2.96. The molecule has 20 heavy (non-hydrogen) atoms. The number of carboxylic acids is 1. The fraction of sp³-hybridized carbons (Fsp3) is 0.188. The van der Waals surface area contributed by atoms with Crippen LogP contribution in [0, 0.1) is 12.7 Å². The average molecular weight is 274 g/mol. The first-order chi connectivity index (χ1) is 9.54. The lowest BCUT2D eigenvalue weighted by Gasteiger charge is -2.09. The molecule has 0 aliphatic rings. The molecule has 2 aromatic rings. The van der Waals surface area contributed by atoms with E-state index in [4.69, 9.17) is 9.84 Å². The van der Waals surface area contributed by atoms with Crippen molar-refractivity contribution in [1.82, 2.24) is 0 Å². The summed E-state index contributed by atoms with van der Waals surface area (Å²) < 4.78 is 18.8. The van der Waals surface area contributed by atoms with Gasteiger partial charge in [0.25, 0.3) is 0 Å². The highest BCUT2D eigenvalue weighted by atomic mass is 19.1. The van der Waals surface area contributed by atoms with Gasteiger partial charge in [0.2, 0.25) is 0 Å². The molecule has 0 amide bonds. The molecule has 0 unspecified atom stereocenters. The Balaban J connectivity index is 2.07. The van der Waals surface area contributed by atoms with Crippen molar-refractivity contribution in [3.63, 3.8) is 0 Å². The fourth-order valence-corrected chi connectivity index (χ4v) is 1.88. The molecule has 2 rings (SSSR count). The van der Waals surface area contributed by atoms with Crippen molar-refractivity contribution < 1.29 is 19.0 Å². The van der Waals surface area contributed by atoms with E-state index in [0.29, 0.717) is 11.3 Å². The maximum atomic E-state index is 13.2. The van der Waals surface area contributed by atoms with Crippen molar-refractivity contribution in [2.24, 2.45) is 0 Å². The predicted octanol–water partition coefficient (Wildman–Crippen LogP) is 3.34. The maximum Gasteiger partial charge on any atom is 0.307 e. The van der Waals surface area contributed by atoms with Gasteiger partial charge in [0.05, 0.1) is 6.42 Å². The van der Waals surface area contributed by atoms with Gasteiger partial charge in [-0.1, -0.05) is 18.2 Å². The molecule has 0 spiro atoms. The SMILES string of the molecule is Cc1ccc(F)cc1COc1cccc(CC(=O)O)c1. The standard InChI is InChI=1S/C16H15FO3/c1-11-5-6-14(17)9-13(11)10-20-15-4-2-3-12(7-15)8-16(18)19/h2-7,9H,8,10H2,1H3,(H,18,19). The van der Waals surface area contributed by atoms with Crippen LogP contribution in [0.5, 0.6) is 5.75 Å². The van der Waals surface area contributed by atoms with Gasteiger partial charge in [-0.15, -0.1) is 0 Å². The third kappa shape index (κ3) is 3.82. The molecule has 0 saturated carbocycles. The van der Waals surface area contributed by atoms with Gasteiger partial charge in [0.1, 0.15) is 18.2 Å². The lowest BCUT2D eigenvalue weighted by atomic mass is 10.1. The van der Waals surface area contributed by atoms with Gasteiger partial charge in [-0.3, -0.25) is 4.79 Å². The second-order valence-corrected chi connectivity index (χ2v) is 4.58. The van der Waals surface area contributed by atoms with Crippen LogP contribution in [0.15, 0.2) is 42.5 Å². The normalized spacial score (nSPS) is 10.3. The lowest BCUT2D eigenvalue weighted by Crippen LogP contribution is -2.02. The zero-order valence-electron chi connectivity index (χ0n) is 11.1. The van der Waals surface area contributed by atoms with Gasteiger partial charge in [-0.25, -0.2) is 4.39 Å². The molecule has 4 heteroatoms. The highest BCUT2D eigenvalue weighted by molar-refractivity contribution is 5.70. The zero-order valence-corrected chi connectivity index (χ0v) is 11.1. The first-order valence-corrected chi connectivity index (χ1v) is 6.23. The van der Waals surface area contributed by atoms with Gasteiger partial charge < -0.3 is 9.84 Å². The largest absolute Gasteiger partial charge is 0.489 e. The number of rotatable bonds is 5. The quantitative estimate of drug-likeness (QED) is 0.909. The van der Waals surface area contributed by atoms with E-state index in [0.717, 1.165) is 11.1 Å². The minimum Gasteiger partial charge on any atom is -0.489 e. The van der Waals surface area contributed by atoms with E-state index in [1.165, 1.54) is 12.1 Å². The zero-order chi connectivity index (χ0) is 14.5. The number of ether oxygens (including phenoxy) is 1. The Labute approximate surface area is 116 Å². The van der Waals surface area contributed by atoms with E-state index >= 15 is 0 Å². The Morgan fingerprint density at radius 3 is 2.80 bits per heavy atom. The number of aryl methyl sites for hydroxylation is 1. The summed E-state index contributed by atoms with van der Waals surface area (Å²) in [6, 6.07) is 11.5. The van der Waals surface area contributed by atoms with E-state index in [9.17, 15) is 9.18 Å². The Morgan fingerprint density at radius 2 is 2.05 bits per heavy atom. The molecule has 0 fully saturated rings. The van der Waals surface area contributed by atoms with Crippen LogP contribution in [0.2, 0.25) is 0 Å². The summed E-state index contributed by atoms with van der Waals surface area (Å²) in [4.78, 5) is 10.7. The molecule has 104 valence electrons. The highest BCUT2D eigenvalue weighted by Gasteiger charge is 2.04. The Bertz CT molecular complexity index is 623. The summed E-state index contributed by atoms with van der Waals surface area (Å²) in [7, 11) is 0. The van der Waals surface area contributed by atoms with Gasteiger partial charge >= 0.3 is 5.97 Å². The topological polar surface area (TPSA) is 46.5 Å². The van der Waals surface area contributed by atoms with Gasteiger partial charge in [0.15, 0.2) is 0 Å². The second kappa shape index (κ2) is 6.19. The maximum absolute atomic E-state index is 13.2. The van der Waals surface area contributed by atoms with Gasteiger partial charge in [0, 0.05) is 0 Å². The lowest BCUT2D eigenvalue weighted by molar-refractivity contribution is -0.136. The number of benzene rings is 2. The summed E-state index contributed by atoms with van der Waals surface area (Å²) in [5, 5.41) is 8.75. The molecule has 0 aliphatic carbocycles. The molecule has 0 saturated heterocycles. The van der Waals surface area contributed by atoms with Gasteiger partial charge in [-0.2, -0.15) is 0 Å². The molecular formula is C16H15FO3. The van der Waals surface area contributed by atoms with Crippen molar-refractivity contribution in [2.75, 3.05) is 0 Å². The first kappa shape index (κ1) is 14.1. The van der Waals surface area contributed by atoms with Crippen LogP contribution in [0.25, 0.3) is 0 Å². The van der Waals surface area contributed by atoms with Crippen LogP contribution in [0.4, 0.5) is 4.39 Å². The van der Waals surface area contributed by atoms with E-state index in [1.54, 1.807) is 30.3 Å². The van der Waals surface area contributed by atoms with Crippen molar-refractivity contribution >= 4 is 5.97 Å². The Hall–Kier alpha value is -2.36. The van der Waals surface area contributed by atoms with Crippen LogP contribution < -0.4 is 4.74 Å². The summed E-state index contributed by atoms with van der Waals surface area (Å²) in [6.07, 6.45) is -0.0454. The molecule has 0 heterocycles. The number of hydrogen-bond acceptors (Lipinski definition) is 2. The summed E-state index contributed by atoms with van der Waals surface area (Å²) >= 11 is 0. The van der Waals surface area contributed by atoms with Crippen LogP contribution in [-0.4, -0.2) is 11.1 Å². The van der Waals surface area contributed by atoms with Crippen LogP contribution in [-0.2, 0) is 17.8 Å².